The molecule has 0 radical (unpaired) electrons. The van der Waals surface area contributed by atoms with Crippen LogP contribution in [-0.4, -0.2) is 50.5 Å². The van der Waals surface area contributed by atoms with E-state index in [0.29, 0.717) is 18.7 Å². The summed E-state index contributed by atoms with van der Waals surface area (Å²) in [6, 6.07) is 1.82. The van der Waals surface area contributed by atoms with Gasteiger partial charge in [0, 0.05) is 11.6 Å². The third kappa shape index (κ3) is 3.65. The van der Waals surface area contributed by atoms with Gasteiger partial charge in [0.2, 0.25) is 5.76 Å². The maximum atomic E-state index is 11.6. The Labute approximate surface area is 125 Å². The summed E-state index contributed by atoms with van der Waals surface area (Å²) in [5, 5.41) is 0. The Morgan fingerprint density at radius 2 is 2.24 bits per heavy atom. The van der Waals surface area contributed by atoms with Crippen molar-refractivity contribution in [3.05, 3.63) is 23.2 Å². The summed E-state index contributed by atoms with van der Waals surface area (Å²) in [6.07, 6.45) is 0.653. The molecule has 2 heterocycles. The van der Waals surface area contributed by atoms with Gasteiger partial charge in [0.25, 0.3) is 0 Å². The number of furan rings is 1. The Hall–Kier alpha value is -1.34. The number of hydrogen-bond donors (Lipinski definition) is 0. The van der Waals surface area contributed by atoms with Crippen LogP contribution in [0.1, 0.15) is 35.2 Å². The molecule has 1 aliphatic heterocycles. The molecule has 1 fully saturated rings. The molecular formula is C14H21NO5S. The van der Waals surface area contributed by atoms with Crippen molar-refractivity contribution in [1.29, 1.82) is 0 Å². The molecule has 0 amide bonds. The highest BCUT2D eigenvalue weighted by Crippen LogP contribution is 2.22. The molecule has 21 heavy (non-hydrogen) atoms. The van der Waals surface area contributed by atoms with E-state index < -0.39 is 15.8 Å². The first-order valence-corrected chi connectivity index (χ1v) is 8.80. The third-order valence-corrected chi connectivity index (χ3v) is 5.58. The first-order valence-electron chi connectivity index (χ1n) is 6.98. The number of methoxy groups -OCH3 is 1. The zero-order valence-corrected chi connectivity index (χ0v) is 13.4. The summed E-state index contributed by atoms with van der Waals surface area (Å²) in [5.41, 5.74) is 0.729. The van der Waals surface area contributed by atoms with Gasteiger partial charge in [-0.1, -0.05) is 6.92 Å². The molecule has 0 spiro atoms. The van der Waals surface area contributed by atoms with Crippen LogP contribution in [0.15, 0.2) is 10.5 Å². The van der Waals surface area contributed by atoms with Crippen molar-refractivity contribution in [2.45, 2.75) is 32.9 Å². The fourth-order valence-electron chi connectivity index (χ4n) is 2.68. The average molecular weight is 315 g/mol. The highest BCUT2D eigenvalue weighted by Gasteiger charge is 2.32. The van der Waals surface area contributed by atoms with Crippen molar-refractivity contribution in [3.63, 3.8) is 0 Å². The van der Waals surface area contributed by atoms with E-state index in [4.69, 9.17) is 4.42 Å². The molecule has 1 aliphatic rings. The Bertz CT molecular complexity index is 619. The summed E-state index contributed by atoms with van der Waals surface area (Å²) in [5.74, 6) is 0.815. The van der Waals surface area contributed by atoms with E-state index in [9.17, 15) is 13.2 Å². The van der Waals surface area contributed by atoms with Crippen molar-refractivity contribution >= 4 is 15.8 Å². The fraction of sp³-hybridized carbons (Fsp3) is 0.643. The minimum atomic E-state index is -2.91. The van der Waals surface area contributed by atoms with E-state index in [-0.39, 0.29) is 23.3 Å². The number of esters is 1. The predicted octanol–water partition coefficient (Wildman–Crippen LogP) is 1.38. The van der Waals surface area contributed by atoms with Crippen LogP contribution in [-0.2, 0) is 21.1 Å². The van der Waals surface area contributed by atoms with Crippen molar-refractivity contribution in [2.24, 2.45) is 0 Å². The second kappa shape index (κ2) is 6.19. The fourth-order valence-corrected chi connectivity index (χ4v) is 4.45. The van der Waals surface area contributed by atoms with Crippen molar-refractivity contribution in [1.82, 2.24) is 4.90 Å². The van der Waals surface area contributed by atoms with Crippen LogP contribution in [0.5, 0.6) is 0 Å². The maximum Gasteiger partial charge on any atom is 0.374 e. The predicted molar refractivity (Wildman–Crippen MR) is 77.9 cm³/mol. The zero-order valence-electron chi connectivity index (χ0n) is 12.6. The van der Waals surface area contributed by atoms with E-state index in [0.717, 1.165) is 12.1 Å². The molecule has 1 saturated heterocycles. The minimum Gasteiger partial charge on any atom is -0.463 e. The topological polar surface area (TPSA) is 76.8 Å². The quantitative estimate of drug-likeness (QED) is 0.764. The molecular weight excluding hydrogens is 294 g/mol. The molecule has 0 saturated carbocycles. The van der Waals surface area contributed by atoms with Gasteiger partial charge in [-0.05, 0) is 26.0 Å². The number of rotatable bonds is 5. The lowest BCUT2D eigenvalue weighted by molar-refractivity contribution is 0.0559. The van der Waals surface area contributed by atoms with E-state index >= 15 is 0 Å². The first-order chi connectivity index (χ1) is 9.86. The van der Waals surface area contributed by atoms with Gasteiger partial charge in [0.05, 0.1) is 25.2 Å². The van der Waals surface area contributed by atoms with E-state index in [1.165, 1.54) is 7.11 Å². The second-order valence-electron chi connectivity index (χ2n) is 5.34. The Kier molecular flexibility index (Phi) is 4.73. The normalized spacial score (nSPS) is 20.9. The molecule has 1 aromatic heterocycles. The molecule has 1 aromatic rings. The summed E-state index contributed by atoms with van der Waals surface area (Å²) in [4.78, 5) is 13.6. The summed E-state index contributed by atoms with van der Waals surface area (Å²) in [6.45, 7) is 5.00. The van der Waals surface area contributed by atoms with E-state index in [1.54, 1.807) is 13.0 Å². The van der Waals surface area contributed by atoms with Gasteiger partial charge in [0.15, 0.2) is 9.84 Å². The molecule has 0 N–H and O–H groups in total. The smallest absolute Gasteiger partial charge is 0.374 e. The van der Waals surface area contributed by atoms with Crippen LogP contribution < -0.4 is 0 Å². The van der Waals surface area contributed by atoms with Crippen LogP contribution in [0.2, 0.25) is 0 Å². The number of nitrogens with zero attached hydrogens (tertiary/aromatic N) is 1. The molecule has 1 unspecified atom stereocenters. The zero-order chi connectivity index (χ0) is 15.6. The first kappa shape index (κ1) is 16.0. The Morgan fingerprint density at radius 3 is 2.76 bits per heavy atom. The molecule has 6 nitrogen and oxygen atoms in total. The Balaban J connectivity index is 2.11. The van der Waals surface area contributed by atoms with Gasteiger partial charge in [-0.15, -0.1) is 0 Å². The minimum absolute atomic E-state index is 0.0204. The van der Waals surface area contributed by atoms with Crippen molar-refractivity contribution in [3.8, 4) is 0 Å². The maximum absolute atomic E-state index is 11.6. The van der Waals surface area contributed by atoms with Gasteiger partial charge in [0.1, 0.15) is 5.76 Å². The highest BCUT2D eigenvalue weighted by atomic mass is 32.2. The largest absolute Gasteiger partial charge is 0.463 e. The lowest BCUT2D eigenvalue weighted by Gasteiger charge is -2.25. The van der Waals surface area contributed by atoms with Gasteiger partial charge in [-0.2, -0.15) is 0 Å². The van der Waals surface area contributed by atoms with Gasteiger partial charge >= 0.3 is 5.97 Å². The van der Waals surface area contributed by atoms with Crippen molar-refractivity contribution in [2.75, 3.05) is 25.2 Å². The summed E-state index contributed by atoms with van der Waals surface area (Å²) in [7, 11) is -1.60. The van der Waals surface area contributed by atoms with E-state index in [2.05, 4.69) is 9.64 Å². The number of hydrogen-bond acceptors (Lipinski definition) is 6. The van der Waals surface area contributed by atoms with Crippen LogP contribution in [0.4, 0.5) is 0 Å². The van der Waals surface area contributed by atoms with Gasteiger partial charge in [-0.3, -0.25) is 4.90 Å². The number of ether oxygens (including phenoxy) is 1. The monoisotopic (exact) mass is 315 g/mol. The van der Waals surface area contributed by atoms with Crippen LogP contribution >= 0.6 is 0 Å². The molecule has 0 bridgehead atoms. The van der Waals surface area contributed by atoms with Gasteiger partial charge < -0.3 is 9.15 Å². The molecule has 2 rings (SSSR count). The number of carbonyl (C=O) groups is 1. The molecule has 1 atom stereocenters. The second-order valence-corrected chi connectivity index (χ2v) is 7.57. The average Bonchev–Trinajstić information content (AvgIpc) is 2.97. The molecule has 0 aromatic carbocycles. The number of aryl methyl sites for hydroxylation is 1. The van der Waals surface area contributed by atoms with E-state index in [1.807, 2.05) is 6.92 Å². The third-order valence-electron chi connectivity index (χ3n) is 3.83. The van der Waals surface area contributed by atoms with Gasteiger partial charge in [-0.25, -0.2) is 13.2 Å². The SMILES string of the molecule is CCN(Cc1cc(C)c(C(=O)OC)o1)C1CCS(=O)(=O)C1. The standard InChI is InChI=1S/C14H21NO5S/c1-4-15(11-5-6-21(17,18)9-11)8-12-7-10(2)13(20-12)14(16)19-3/h7,11H,4-6,8-9H2,1-3H3. The molecule has 118 valence electrons. The Morgan fingerprint density at radius 1 is 1.52 bits per heavy atom. The molecule has 7 heteroatoms. The van der Waals surface area contributed by atoms with Crippen LogP contribution in [0, 0.1) is 6.92 Å². The highest BCUT2D eigenvalue weighted by molar-refractivity contribution is 7.91. The lowest BCUT2D eigenvalue weighted by Crippen LogP contribution is -2.35. The summed E-state index contributed by atoms with van der Waals surface area (Å²) >= 11 is 0. The van der Waals surface area contributed by atoms with Crippen molar-refractivity contribution < 1.29 is 22.4 Å². The number of carbonyl (C=O) groups excluding carboxylic acids is 1. The van der Waals surface area contributed by atoms with Crippen LogP contribution in [0.3, 0.4) is 0 Å². The molecule has 0 aliphatic carbocycles. The number of sulfone groups is 1. The lowest BCUT2D eigenvalue weighted by atomic mass is 10.2. The van der Waals surface area contributed by atoms with Crippen LogP contribution in [0.25, 0.3) is 0 Å². The summed E-state index contributed by atoms with van der Waals surface area (Å²) < 4.78 is 33.4.